The molecule has 1 aliphatic rings. The molecule has 1 fully saturated rings. The van der Waals surface area contributed by atoms with Gasteiger partial charge in [0.1, 0.15) is 0 Å². The molecule has 6 heteroatoms. The lowest BCUT2D eigenvalue weighted by atomic mass is 10.2. The molecule has 0 aromatic heterocycles. The third-order valence-electron chi connectivity index (χ3n) is 3.97. The van der Waals surface area contributed by atoms with Crippen molar-refractivity contribution in [3.8, 4) is 6.07 Å². The first-order chi connectivity index (χ1) is 9.86. The summed E-state index contributed by atoms with van der Waals surface area (Å²) >= 11 is 0. The van der Waals surface area contributed by atoms with Crippen LogP contribution in [0.25, 0.3) is 0 Å². The fraction of sp³-hybridized carbons (Fsp3) is 0.533. The Morgan fingerprint density at radius 1 is 1.19 bits per heavy atom. The van der Waals surface area contributed by atoms with E-state index in [0.717, 1.165) is 11.1 Å². The van der Waals surface area contributed by atoms with E-state index in [2.05, 4.69) is 6.07 Å². The number of hydrogen-bond acceptors (Lipinski definition) is 4. The maximum atomic E-state index is 12.7. The molecule has 0 amide bonds. The number of hydrogen-bond donors (Lipinski definition) is 0. The van der Waals surface area contributed by atoms with Gasteiger partial charge in [-0.3, -0.25) is 4.90 Å². The quantitative estimate of drug-likeness (QED) is 0.849. The van der Waals surface area contributed by atoms with Gasteiger partial charge in [0.2, 0.25) is 10.0 Å². The number of sulfonamides is 1. The van der Waals surface area contributed by atoms with Crippen molar-refractivity contribution in [3.05, 3.63) is 29.3 Å². The molecule has 0 bridgehead atoms. The molecule has 2 rings (SSSR count). The molecule has 0 saturated carbocycles. The fourth-order valence-electron chi connectivity index (χ4n) is 2.54. The largest absolute Gasteiger partial charge is 0.286 e. The van der Waals surface area contributed by atoms with E-state index in [9.17, 15) is 8.42 Å². The van der Waals surface area contributed by atoms with Crippen LogP contribution in [0.2, 0.25) is 0 Å². The van der Waals surface area contributed by atoms with Crippen LogP contribution in [0.5, 0.6) is 0 Å². The first-order valence-electron chi connectivity index (χ1n) is 7.07. The summed E-state index contributed by atoms with van der Waals surface area (Å²) in [5, 5.41) is 8.93. The van der Waals surface area contributed by atoms with E-state index in [-0.39, 0.29) is 6.04 Å². The minimum Gasteiger partial charge on any atom is -0.286 e. The average molecular weight is 307 g/mol. The second-order valence-electron chi connectivity index (χ2n) is 5.51. The Bertz CT molecular complexity index is 656. The maximum Gasteiger partial charge on any atom is 0.243 e. The van der Waals surface area contributed by atoms with Crippen molar-refractivity contribution in [3.63, 3.8) is 0 Å². The van der Waals surface area contributed by atoms with Gasteiger partial charge in [-0.15, -0.1) is 0 Å². The van der Waals surface area contributed by atoms with Crippen LogP contribution >= 0.6 is 0 Å². The van der Waals surface area contributed by atoms with Gasteiger partial charge in [0.15, 0.2) is 0 Å². The molecule has 1 aromatic rings. The van der Waals surface area contributed by atoms with Crippen LogP contribution in [0, 0.1) is 25.2 Å². The Morgan fingerprint density at radius 2 is 1.81 bits per heavy atom. The highest BCUT2D eigenvalue weighted by Gasteiger charge is 2.30. The van der Waals surface area contributed by atoms with Crippen LogP contribution < -0.4 is 0 Å². The van der Waals surface area contributed by atoms with Gasteiger partial charge in [0.25, 0.3) is 0 Å². The molecule has 1 aromatic carbocycles. The van der Waals surface area contributed by atoms with Gasteiger partial charge < -0.3 is 0 Å². The predicted octanol–water partition coefficient (Wildman–Crippen LogP) is 1.52. The summed E-state index contributed by atoms with van der Waals surface area (Å²) in [6.07, 6.45) is 0. The minimum atomic E-state index is -3.45. The Balaban J connectivity index is 2.19. The zero-order valence-corrected chi connectivity index (χ0v) is 13.5. The van der Waals surface area contributed by atoms with Crippen molar-refractivity contribution in [2.75, 3.05) is 26.2 Å². The van der Waals surface area contributed by atoms with E-state index >= 15 is 0 Å². The molecule has 1 aliphatic heterocycles. The summed E-state index contributed by atoms with van der Waals surface area (Å²) in [5.41, 5.74) is 1.71. The highest BCUT2D eigenvalue weighted by molar-refractivity contribution is 7.89. The summed E-state index contributed by atoms with van der Waals surface area (Å²) in [6, 6.07) is 7.52. The van der Waals surface area contributed by atoms with Crippen molar-refractivity contribution in [2.24, 2.45) is 0 Å². The van der Waals surface area contributed by atoms with Crippen LogP contribution in [-0.4, -0.2) is 49.8 Å². The number of aryl methyl sites for hydroxylation is 2. The number of nitrogens with zero attached hydrogens (tertiary/aromatic N) is 3. The monoisotopic (exact) mass is 307 g/mol. The van der Waals surface area contributed by atoms with Crippen LogP contribution in [0.15, 0.2) is 23.1 Å². The zero-order valence-electron chi connectivity index (χ0n) is 12.7. The Hall–Kier alpha value is -1.42. The standard InChI is InChI=1S/C15H21N3O2S/c1-12-4-5-13(2)15(10-12)21(19,20)18-8-6-17(7-9-18)14(3)11-16/h4-5,10,14H,6-9H2,1-3H3. The lowest BCUT2D eigenvalue weighted by molar-refractivity contribution is 0.169. The highest BCUT2D eigenvalue weighted by Crippen LogP contribution is 2.22. The van der Waals surface area contributed by atoms with Crippen molar-refractivity contribution in [2.45, 2.75) is 31.7 Å². The molecule has 0 spiro atoms. The second kappa shape index (κ2) is 6.14. The highest BCUT2D eigenvalue weighted by atomic mass is 32.2. The zero-order chi connectivity index (χ0) is 15.6. The van der Waals surface area contributed by atoms with E-state index in [1.54, 1.807) is 6.07 Å². The summed E-state index contributed by atoms with van der Waals surface area (Å²) in [7, 11) is -3.45. The first-order valence-corrected chi connectivity index (χ1v) is 8.51. The van der Waals surface area contributed by atoms with Gasteiger partial charge in [-0.05, 0) is 38.0 Å². The number of nitriles is 1. The molecule has 114 valence electrons. The van der Waals surface area contributed by atoms with Gasteiger partial charge in [-0.1, -0.05) is 12.1 Å². The van der Waals surface area contributed by atoms with Gasteiger partial charge in [-0.2, -0.15) is 9.57 Å². The predicted molar refractivity (Wildman–Crippen MR) is 81.3 cm³/mol. The van der Waals surface area contributed by atoms with E-state index in [1.807, 2.05) is 37.8 Å². The fourth-order valence-corrected chi connectivity index (χ4v) is 4.27. The van der Waals surface area contributed by atoms with Crippen LogP contribution in [0.1, 0.15) is 18.1 Å². The Kier molecular flexibility index (Phi) is 4.67. The SMILES string of the molecule is Cc1ccc(C)c(S(=O)(=O)N2CCN(C(C)C#N)CC2)c1. The Labute approximate surface area is 126 Å². The van der Waals surface area contributed by atoms with Gasteiger partial charge in [-0.25, -0.2) is 8.42 Å². The van der Waals surface area contributed by atoms with Crippen molar-refractivity contribution in [1.82, 2.24) is 9.21 Å². The molecular formula is C15H21N3O2S. The van der Waals surface area contributed by atoms with E-state index in [0.29, 0.717) is 31.1 Å². The third-order valence-corrected chi connectivity index (χ3v) is 6.01. The average Bonchev–Trinajstić information content (AvgIpc) is 2.49. The molecule has 1 atom stereocenters. The molecule has 21 heavy (non-hydrogen) atoms. The summed E-state index contributed by atoms with van der Waals surface area (Å²) in [5.74, 6) is 0. The van der Waals surface area contributed by atoms with Gasteiger partial charge >= 0.3 is 0 Å². The van der Waals surface area contributed by atoms with Crippen LogP contribution in [0.3, 0.4) is 0 Å². The number of rotatable bonds is 3. The van der Waals surface area contributed by atoms with E-state index < -0.39 is 10.0 Å². The van der Waals surface area contributed by atoms with E-state index in [4.69, 9.17) is 5.26 Å². The van der Waals surface area contributed by atoms with Gasteiger partial charge in [0.05, 0.1) is 17.0 Å². The smallest absolute Gasteiger partial charge is 0.243 e. The van der Waals surface area contributed by atoms with Gasteiger partial charge in [0, 0.05) is 26.2 Å². The lowest BCUT2D eigenvalue weighted by Crippen LogP contribution is -2.51. The van der Waals surface area contributed by atoms with Crippen LogP contribution in [0.4, 0.5) is 0 Å². The molecule has 1 unspecified atom stereocenters. The molecule has 1 saturated heterocycles. The number of piperazine rings is 1. The second-order valence-corrected chi connectivity index (χ2v) is 7.42. The molecule has 1 heterocycles. The molecular weight excluding hydrogens is 286 g/mol. The van der Waals surface area contributed by atoms with E-state index in [1.165, 1.54) is 4.31 Å². The molecule has 5 nitrogen and oxygen atoms in total. The first kappa shape index (κ1) is 16.0. The van der Waals surface area contributed by atoms with Crippen molar-refractivity contribution >= 4 is 10.0 Å². The molecule has 0 N–H and O–H groups in total. The molecule has 0 radical (unpaired) electrons. The summed E-state index contributed by atoms with van der Waals surface area (Å²) < 4.78 is 27.0. The topological polar surface area (TPSA) is 64.4 Å². The minimum absolute atomic E-state index is 0.171. The van der Waals surface area contributed by atoms with Crippen molar-refractivity contribution < 1.29 is 8.42 Å². The number of benzene rings is 1. The van der Waals surface area contributed by atoms with Crippen molar-refractivity contribution in [1.29, 1.82) is 5.26 Å². The lowest BCUT2D eigenvalue weighted by Gasteiger charge is -2.35. The maximum absolute atomic E-state index is 12.7. The third kappa shape index (κ3) is 3.26. The van der Waals surface area contributed by atoms with Crippen LogP contribution in [-0.2, 0) is 10.0 Å². The summed E-state index contributed by atoms with van der Waals surface area (Å²) in [4.78, 5) is 2.40. The summed E-state index contributed by atoms with van der Waals surface area (Å²) in [6.45, 7) is 7.61. The Morgan fingerprint density at radius 3 is 2.38 bits per heavy atom. The molecule has 0 aliphatic carbocycles. The normalized spacial score (nSPS) is 19.1.